The SMILES string of the molecule is Cc1onc(OC[C@@H](N)c2ccccn2)c1-c1ccn2nc(NC(=O)C3CC3)cc2c1.Cl. The van der Waals surface area contributed by atoms with Gasteiger partial charge in [0.25, 0.3) is 5.88 Å². The molecular weight excluding hydrogens is 432 g/mol. The Hall–Kier alpha value is -3.43. The van der Waals surface area contributed by atoms with Gasteiger partial charge in [-0.25, -0.2) is 4.52 Å². The lowest BCUT2D eigenvalue weighted by atomic mass is 10.1. The summed E-state index contributed by atoms with van der Waals surface area (Å²) >= 11 is 0. The summed E-state index contributed by atoms with van der Waals surface area (Å²) in [5, 5.41) is 11.3. The maximum atomic E-state index is 12.0. The first-order chi connectivity index (χ1) is 15.1. The normalized spacial score (nSPS) is 14.1. The van der Waals surface area contributed by atoms with Crippen LogP contribution in [0.25, 0.3) is 16.6 Å². The van der Waals surface area contributed by atoms with Crippen molar-refractivity contribution in [3.05, 3.63) is 60.2 Å². The molecule has 166 valence electrons. The van der Waals surface area contributed by atoms with E-state index in [-0.39, 0.29) is 36.9 Å². The fourth-order valence-electron chi connectivity index (χ4n) is 3.41. The molecule has 1 amide bonds. The molecule has 1 aliphatic carbocycles. The van der Waals surface area contributed by atoms with E-state index in [9.17, 15) is 4.79 Å². The van der Waals surface area contributed by atoms with E-state index < -0.39 is 0 Å². The fourth-order valence-corrected chi connectivity index (χ4v) is 3.41. The van der Waals surface area contributed by atoms with Gasteiger partial charge in [0.15, 0.2) is 5.82 Å². The van der Waals surface area contributed by atoms with Crippen LogP contribution in [-0.2, 0) is 4.79 Å². The van der Waals surface area contributed by atoms with Crippen LogP contribution in [0.2, 0.25) is 0 Å². The Bertz CT molecular complexity index is 1240. The van der Waals surface area contributed by atoms with Crippen molar-refractivity contribution in [3.8, 4) is 17.0 Å². The molecule has 0 aromatic carbocycles. The smallest absolute Gasteiger partial charge is 0.262 e. The highest BCUT2D eigenvalue weighted by Gasteiger charge is 2.30. The summed E-state index contributed by atoms with van der Waals surface area (Å²) in [5.74, 6) is 1.69. The lowest BCUT2D eigenvalue weighted by Gasteiger charge is -2.12. The van der Waals surface area contributed by atoms with Crippen LogP contribution in [0.4, 0.5) is 5.82 Å². The summed E-state index contributed by atoms with van der Waals surface area (Å²) in [6.07, 6.45) is 5.42. The Labute approximate surface area is 190 Å². The minimum absolute atomic E-state index is 0. The predicted molar refractivity (Wildman–Crippen MR) is 121 cm³/mol. The molecule has 0 unspecified atom stereocenters. The molecule has 0 bridgehead atoms. The Balaban J connectivity index is 0.00000245. The molecule has 9 nitrogen and oxygen atoms in total. The number of halogens is 1. The maximum Gasteiger partial charge on any atom is 0.262 e. The van der Waals surface area contributed by atoms with Crippen LogP contribution in [0.5, 0.6) is 5.88 Å². The molecule has 10 heteroatoms. The van der Waals surface area contributed by atoms with Gasteiger partial charge in [0.1, 0.15) is 12.4 Å². The van der Waals surface area contributed by atoms with Gasteiger partial charge in [-0.2, -0.15) is 5.10 Å². The quantitative estimate of drug-likeness (QED) is 0.438. The molecule has 5 rings (SSSR count). The van der Waals surface area contributed by atoms with Gasteiger partial charge < -0.3 is 20.3 Å². The van der Waals surface area contributed by atoms with Crippen LogP contribution >= 0.6 is 12.4 Å². The monoisotopic (exact) mass is 454 g/mol. The van der Waals surface area contributed by atoms with Crippen LogP contribution in [0.3, 0.4) is 0 Å². The summed E-state index contributed by atoms with van der Waals surface area (Å²) in [6.45, 7) is 2.04. The summed E-state index contributed by atoms with van der Waals surface area (Å²) in [4.78, 5) is 16.3. The van der Waals surface area contributed by atoms with Crippen LogP contribution in [0.15, 0.2) is 53.3 Å². The van der Waals surface area contributed by atoms with E-state index in [1.165, 1.54) is 0 Å². The number of fused-ring (bicyclic) bond motifs is 1. The van der Waals surface area contributed by atoms with Gasteiger partial charge in [-0.05, 0) is 54.8 Å². The number of aryl methyl sites for hydroxylation is 1. The van der Waals surface area contributed by atoms with Gasteiger partial charge in [0, 0.05) is 24.4 Å². The predicted octanol–water partition coefficient (Wildman–Crippen LogP) is 3.54. The average Bonchev–Trinajstić information content (AvgIpc) is 3.47. The van der Waals surface area contributed by atoms with Gasteiger partial charge in [-0.3, -0.25) is 9.78 Å². The standard InChI is InChI=1S/C22H22N6O3.ClH/c1-13-20(22(27-31-13)30-12-17(23)18-4-2-3-8-24-18)15-7-9-28-16(10-15)11-19(26-28)25-21(29)14-5-6-14;/h2-4,7-11,14,17H,5-6,12,23H2,1H3,(H,25,26,29);1H/t17-;/m1./s1. The number of carbonyl (C=O) groups excluding carboxylic acids is 1. The summed E-state index contributed by atoms with van der Waals surface area (Å²) in [5.41, 5.74) is 9.38. The van der Waals surface area contributed by atoms with Gasteiger partial charge >= 0.3 is 0 Å². The van der Waals surface area contributed by atoms with Crippen molar-refractivity contribution in [1.82, 2.24) is 19.8 Å². The summed E-state index contributed by atoms with van der Waals surface area (Å²) in [6, 6.07) is 10.9. The fraction of sp³-hybridized carbons (Fsp3) is 0.273. The molecule has 1 saturated carbocycles. The number of nitrogens with one attached hydrogen (secondary N) is 1. The van der Waals surface area contributed by atoms with Crippen molar-refractivity contribution in [3.63, 3.8) is 0 Å². The Morgan fingerprint density at radius 1 is 1.34 bits per heavy atom. The van der Waals surface area contributed by atoms with Crippen molar-refractivity contribution in [2.75, 3.05) is 11.9 Å². The first kappa shape index (κ1) is 21.8. The molecule has 1 fully saturated rings. The van der Waals surface area contributed by atoms with E-state index in [0.29, 0.717) is 17.5 Å². The third kappa shape index (κ3) is 4.44. The molecule has 32 heavy (non-hydrogen) atoms. The number of hydrogen-bond donors (Lipinski definition) is 2. The minimum atomic E-state index is -0.388. The number of rotatable bonds is 7. The van der Waals surface area contributed by atoms with Crippen LogP contribution in [0, 0.1) is 12.8 Å². The van der Waals surface area contributed by atoms with Crippen molar-refractivity contribution < 1.29 is 14.1 Å². The van der Waals surface area contributed by atoms with Gasteiger partial charge in [0.2, 0.25) is 5.91 Å². The Morgan fingerprint density at radius 3 is 2.94 bits per heavy atom. The molecular formula is C22H23ClN6O3. The van der Waals surface area contributed by atoms with Crippen molar-refractivity contribution >= 4 is 29.6 Å². The lowest BCUT2D eigenvalue weighted by molar-refractivity contribution is -0.117. The molecule has 4 aromatic heterocycles. The number of aromatic nitrogens is 4. The molecule has 4 aromatic rings. The zero-order valence-corrected chi connectivity index (χ0v) is 18.2. The number of pyridine rings is 2. The molecule has 1 aliphatic rings. The van der Waals surface area contributed by atoms with Crippen molar-refractivity contribution in [1.29, 1.82) is 0 Å². The van der Waals surface area contributed by atoms with E-state index >= 15 is 0 Å². The van der Waals surface area contributed by atoms with Crippen LogP contribution in [0.1, 0.15) is 30.3 Å². The topological polar surface area (TPSA) is 121 Å². The third-order valence-electron chi connectivity index (χ3n) is 5.25. The number of nitrogens with two attached hydrogens (primary N) is 1. The molecule has 0 aliphatic heterocycles. The van der Waals surface area contributed by atoms with Gasteiger partial charge in [-0.15, -0.1) is 12.4 Å². The zero-order valence-electron chi connectivity index (χ0n) is 17.4. The average molecular weight is 455 g/mol. The number of amides is 1. The summed E-state index contributed by atoms with van der Waals surface area (Å²) in [7, 11) is 0. The number of nitrogens with zero attached hydrogens (tertiary/aromatic N) is 4. The van der Waals surface area contributed by atoms with E-state index in [0.717, 1.165) is 35.2 Å². The van der Waals surface area contributed by atoms with Crippen molar-refractivity contribution in [2.24, 2.45) is 11.7 Å². The van der Waals surface area contributed by atoms with Crippen LogP contribution in [-0.4, -0.2) is 32.3 Å². The minimum Gasteiger partial charge on any atom is -0.473 e. The first-order valence-electron chi connectivity index (χ1n) is 10.1. The second-order valence-corrected chi connectivity index (χ2v) is 7.67. The lowest BCUT2D eigenvalue weighted by Crippen LogP contribution is -2.20. The van der Waals surface area contributed by atoms with Gasteiger partial charge in [-0.1, -0.05) is 6.07 Å². The third-order valence-corrected chi connectivity index (χ3v) is 5.25. The largest absolute Gasteiger partial charge is 0.473 e. The van der Waals surface area contributed by atoms with Crippen molar-refractivity contribution in [2.45, 2.75) is 25.8 Å². The molecule has 3 N–H and O–H groups in total. The number of anilines is 1. The van der Waals surface area contributed by atoms with Gasteiger partial charge in [0.05, 0.1) is 22.8 Å². The summed E-state index contributed by atoms with van der Waals surface area (Å²) < 4.78 is 13.0. The van der Waals surface area contributed by atoms with E-state index in [4.69, 9.17) is 15.0 Å². The second-order valence-electron chi connectivity index (χ2n) is 7.67. The van der Waals surface area contributed by atoms with Crippen LogP contribution < -0.4 is 15.8 Å². The zero-order chi connectivity index (χ0) is 21.4. The highest BCUT2D eigenvalue weighted by Crippen LogP contribution is 2.34. The molecule has 0 saturated heterocycles. The highest BCUT2D eigenvalue weighted by molar-refractivity contribution is 5.93. The number of carbonyl (C=O) groups is 1. The van der Waals surface area contributed by atoms with E-state index in [1.54, 1.807) is 10.7 Å². The highest BCUT2D eigenvalue weighted by atomic mass is 35.5. The first-order valence-corrected chi connectivity index (χ1v) is 10.1. The Kier molecular flexibility index (Phi) is 6.11. The second kappa shape index (κ2) is 8.97. The maximum absolute atomic E-state index is 12.0. The molecule has 4 heterocycles. The molecule has 0 radical (unpaired) electrons. The van der Waals surface area contributed by atoms with E-state index in [2.05, 4.69) is 20.6 Å². The Morgan fingerprint density at radius 2 is 2.19 bits per heavy atom. The number of hydrogen-bond acceptors (Lipinski definition) is 7. The number of ether oxygens (including phenoxy) is 1. The van der Waals surface area contributed by atoms with E-state index in [1.807, 2.05) is 49.5 Å². The molecule has 0 spiro atoms. The molecule has 1 atom stereocenters.